The molecule has 0 unspecified atom stereocenters. The quantitative estimate of drug-likeness (QED) is 0.784. The monoisotopic (exact) mass is 276 g/mol. The van der Waals surface area contributed by atoms with E-state index in [-0.39, 0.29) is 5.41 Å². The third-order valence-corrected chi connectivity index (χ3v) is 3.09. The predicted octanol–water partition coefficient (Wildman–Crippen LogP) is 4.31. The first-order valence-electron chi connectivity index (χ1n) is 6.14. The highest BCUT2D eigenvalue weighted by molar-refractivity contribution is 6.17. The maximum absolute atomic E-state index is 5.84. The van der Waals surface area contributed by atoms with Gasteiger partial charge in [-0.2, -0.15) is 0 Å². The second-order valence-electron chi connectivity index (χ2n) is 5.37. The number of alkyl halides is 1. The van der Waals surface area contributed by atoms with Crippen LogP contribution in [0.25, 0.3) is 0 Å². The van der Waals surface area contributed by atoms with E-state index >= 15 is 0 Å². The summed E-state index contributed by atoms with van der Waals surface area (Å²) in [6, 6.07) is 8.02. The minimum absolute atomic E-state index is 0.0837. The van der Waals surface area contributed by atoms with Crippen LogP contribution in [0, 0.1) is 0 Å². The van der Waals surface area contributed by atoms with Crippen molar-refractivity contribution in [3.05, 3.63) is 47.9 Å². The van der Waals surface area contributed by atoms with Crippen molar-refractivity contribution in [2.45, 2.75) is 32.1 Å². The van der Waals surface area contributed by atoms with Crippen LogP contribution in [0.2, 0.25) is 0 Å². The summed E-state index contributed by atoms with van der Waals surface area (Å²) in [4.78, 5) is 8.06. The molecule has 0 amide bonds. The maximum Gasteiger partial charge on any atom is 0.226 e. The van der Waals surface area contributed by atoms with Gasteiger partial charge in [0.15, 0.2) is 0 Å². The van der Waals surface area contributed by atoms with Gasteiger partial charge in [-0.15, -0.1) is 11.6 Å². The summed E-state index contributed by atoms with van der Waals surface area (Å²) in [6.45, 7) is 6.50. The van der Waals surface area contributed by atoms with Crippen molar-refractivity contribution in [2.24, 2.45) is 0 Å². The number of nitrogens with zero attached hydrogens (tertiary/aromatic N) is 2. The lowest BCUT2D eigenvalue weighted by molar-refractivity contribution is 0.453. The molecular formula is C15H17ClN2O. The first-order valence-corrected chi connectivity index (χ1v) is 6.67. The average Bonchev–Trinajstić information content (AvgIpc) is 2.39. The SMILES string of the molecule is CC(C)(C)c1cccc(Oc2ncncc2CCl)c1. The molecule has 1 aromatic heterocycles. The van der Waals surface area contributed by atoms with Gasteiger partial charge in [0.1, 0.15) is 12.1 Å². The summed E-state index contributed by atoms with van der Waals surface area (Å²) in [5.74, 6) is 1.60. The largest absolute Gasteiger partial charge is 0.439 e. The van der Waals surface area contributed by atoms with Crippen LogP contribution in [0.15, 0.2) is 36.8 Å². The van der Waals surface area contributed by atoms with Crippen molar-refractivity contribution in [1.29, 1.82) is 0 Å². The molecule has 0 atom stereocenters. The van der Waals surface area contributed by atoms with E-state index in [2.05, 4.69) is 36.8 Å². The Morgan fingerprint density at radius 1 is 1.26 bits per heavy atom. The Bertz CT molecular complexity index is 564. The van der Waals surface area contributed by atoms with Gasteiger partial charge in [0.05, 0.1) is 5.88 Å². The predicted molar refractivity (Wildman–Crippen MR) is 76.8 cm³/mol. The lowest BCUT2D eigenvalue weighted by Gasteiger charge is -2.19. The molecule has 0 aliphatic carbocycles. The van der Waals surface area contributed by atoms with Crippen LogP contribution in [0.3, 0.4) is 0 Å². The number of ether oxygens (including phenoxy) is 1. The van der Waals surface area contributed by atoms with E-state index < -0.39 is 0 Å². The zero-order chi connectivity index (χ0) is 13.9. The van der Waals surface area contributed by atoms with Crippen LogP contribution in [0.4, 0.5) is 0 Å². The highest BCUT2D eigenvalue weighted by Gasteiger charge is 2.14. The number of rotatable bonds is 3. The smallest absolute Gasteiger partial charge is 0.226 e. The molecular weight excluding hydrogens is 260 g/mol. The Morgan fingerprint density at radius 2 is 2.05 bits per heavy atom. The van der Waals surface area contributed by atoms with Gasteiger partial charge in [-0.05, 0) is 23.1 Å². The summed E-state index contributed by atoms with van der Waals surface area (Å²) < 4.78 is 5.80. The molecule has 0 spiro atoms. The van der Waals surface area contributed by atoms with Crippen molar-refractivity contribution in [2.75, 3.05) is 0 Å². The van der Waals surface area contributed by atoms with Crippen LogP contribution in [0.5, 0.6) is 11.6 Å². The summed E-state index contributed by atoms with van der Waals surface area (Å²) in [5.41, 5.74) is 2.08. The first kappa shape index (κ1) is 13.8. The Balaban J connectivity index is 2.29. The fourth-order valence-electron chi connectivity index (χ4n) is 1.67. The Hall–Kier alpha value is -1.61. The van der Waals surface area contributed by atoms with Gasteiger partial charge < -0.3 is 4.74 Å². The van der Waals surface area contributed by atoms with E-state index in [1.165, 1.54) is 11.9 Å². The standard InChI is InChI=1S/C15H17ClN2O/c1-15(2,3)12-5-4-6-13(7-12)19-14-11(8-16)9-17-10-18-14/h4-7,9-10H,8H2,1-3H3. The molecule has 0 saturated carbocycles. The lowest BCUT2D eigenvalue weighted by Crippen LogP contribution is -2.10. The zero-order valence-corrected chi connectivity index (χ0v) is 12.1. The van der Waals surface area contributed by atoms with Crippen LogP contribution >= 0.6 is 11.6 Å². The first-order chi connectivity index (χ1) is 9.00. The van der Waals surface area contributed by atoms with Crippen molar-refractivity contribution < 1.29 is 4.74 Å². The summed E-state index contributed by atoms with van der Waals surface area (Å²) in [5, 5.41) is 0. The third-order valence-electron chi connectivity index (χ3n) is 2.81. The van der Waals surface area contributed by atoms with E-state index in [1.807, 2.05) is 18.2 Å². The number of benzene rings is 1. The van der Waals surface area contributed by atoms with Gasteiger partial charge in [0.2, 0.25) is 5.88 Å². The molecule has 0 saturated heterocycles. The van der Waals surface area contributed by atoms with Gasteiger partial charge in [-0.3, -0.25) is 0 Å². The van der Waals surface area contributed by atoms with E-state index in [9.17, 15) is 0 Å². The molecule has 0 aliphatic heterocycles. The number of aromatic nitrogens is 2. The van der Waals surface area contributed by atoms with Gasteiger partial charge in [0, 0.05) is 11.8 Å². The molecule has 0 aliphatic rings. The fourth-order valence-corrected chi connectivity index (χ4v) is 1.85. The second-order valence-corrected chi connectivity index (χ2v) is 5.63. The van der Waals surface area contributed by atoms with Crippen molar-refractivity contribution >= 4 is 11.6 Å². The minimum atomic E-state index is 0.0837. The average molecular weight is 277 g/mol. The molecule has 4 heteroatoms. The molecule has 2 rings (SSSR count). The summed E-state index contributed by atoms with van der Waals surface area (Å²) >= 11 is 5.84. The highest BCUT2D eigenvalue weighted by atomic mass is 35.5. The normalized spacial score (nSPS) is 11.4. The van der Waals surface area contributed by atoms with Crippen LogP contribution in [-0.2, 0) is 11.3 Å². The third kappa shape index (κ3) is 3.44. The molecule has 19 heavy (non-hydrogen) atoms. The van der Waals surface area contributed by atoms with E-state index in [4.69, 9.17) is 16.3 Å². The van der Waals surface area contributed by atoms with Crippen LogP contribution in [0.1, 0.15) is 31.9 Å². The topological polar surface area (TPSA) is 35.0 Å². The molecule has 0 radical (unpaired) electrons. The van der Waals surface area contributed by atoms with Crippen LogP contribution < -0.4 is 4.74 Å². The molecule has 1 aromatic carbocycles. The number of hydrogen-bond donors (Lipinski definition) is 0. The Kier molecular flexibility index (Phi) is 4.05. The van der Waals surface area contributed by atoms with Gasteiger partial charge in [0.25, 0.3) is 0 Å². The maximum atomic E-state index is 5.84. The van der Waals surface area contributed by atoms with Crippen molar-refractivity contribution in [3.8, 4) is 11.6 Å². The number of halogens is 1. The van der Waals surface area contributed by atoms with E-state index in [1.54, 1.807) is 6.20 Å². The van der Waals surface area contributed by atoms with E-state index in [0.29, 0.717) is 11.8 Å². The molecule has 0 N–H and O–H groups in total. The van der Waals surface area contributed by atoms with Gasteiger partial charge in [-0.25, -0.2) is 9.97 Å². The van der Waals surface area contributed by atoms with Gasteiger partial charge >= 0.3 is 0 Å². The summed E-state index contributed by atoms with van der Waals surface area (Å²) in [7, 11) is 0. The molecule has 1 heterocycles. The zero-order valence-electron chi connectivity index (χ0n) is 11.4. The van der Waals surface area contributed by atoms with E-state index in [0.717, 1.165) is 11.3 Å². The lowest BCUT2D eigenvalue weighted by atomic mass is 9.87. The van der Waals surface area contributed by atoms with Crippen molar-refractivity contribution in [3.63, 3.8) is 0 Å². The summed E-state index contributed by atoms with van der Waals surface area (Å²) in [6.07, 6.45) is 3.13. The van der Waals surface area contributed by atoms with Crippen molar-refractivity contribution in [1.82, 2.24) is 9.97 Å². The molecule has 0 fully saturated rings. The Morgan fingerprint density at radius 3 is 2.74 bits per heavy atom. The molecule has 0 bridgehead atoms. The Labute approximate surface area is 118 Å². The minimum Gasteiger partial charge on any atom is -0.439 e. The highest BCUT2D eigenvalue weighted by Crippen LogP contribution is 2.29. The number of hydrogen-bond acceptors (Lipinski definition) is 3. The second kappa shape index (κ2) is 5.57. The van der Waals surface area contributed by atoms with Crippen LogP contribution in [-0.4, -0.2) is 9.97 Å². The van der Waals surface area contributed by atoms with Gasteiger partial charge in [-0.1, -0.05) is 32.9 Å². The fraction of sp³-hybridized carbons (Fsp3) is 0.333. The molecule has 3 nitrogen and oxygen atoms in total. The molecule has 2 aromatic rings. The molecule has 100 valence electrons.